The first-order chi connectivity index (χ1) is 4.85. The zero-order chi connectivity index (χ0) is 7.03. The Morgan fingerprint density at radius 1 is 1.60 bits per heavy atom. The normalized spacial score (nSPS) is 43.9. The molecule has 0 heteroatoms. The highest BCUT2D eigenvalue weighted by Gasteiger charge is 2.37. The van der Waals surface area contributed by atoms with Crippen LogP contribution in [-0.2, 0) is 0 Å². The van der Waals surface area contributed by atoms with Crippen LogP contribution in [0.5, 0.6) is 0 Å². The topological polar surface area (TPSA) is 0 Å². The van der Waals surface area contributed by atoms with Crippen molar-refractivity contribution in [2.24, 2.45) is 11.3 Å². The van der Waals surface area contributed by atoms with Crippen molar-refractivity contribution in [2.75, 3.05) is 0 Å². The lowest BCUT2D eigenvalue weighted by Gasteiger charge is -2.17. The number of fused-ring (bicyclic) bond motifs is 2. The lowest BCUT2D eigenvalue weighted by molar-refractivity contribution is 0.523. The number of rotatable bonds is 1. The van der Waals surface area contributed by atoms with Gasteiger partial charge in [0.15, 0.2) is 0 Å². The first-order valence-electron chi connectivity index (χ1n) is 4.18. The second-order valence-electron chi connectivity index (χ2n) is 3.60. The van der Waals surface area contributed by atoms with Crippen molar-refractivity contribution >= 4 is 0 Å². The Hall–Kier alpha value is -0.520. The molecule has 2 atom stereocenters. The second kappa shape index (κ2) is 1.98. The molecular weight excluding hydrogens is 120 g/mol. The van der Waals surface area contributed by atoms with Crippen molar-refractivity contribution in [2.45, 2.75) is 26.2 Å². The Labute approximate surface area is 62.6 Å². The van der Waals surface area contributed by atoms with E-state index in [4.69, 9.17) is 0 Å². The maximum absolute atomic E-state index is 2.40. The van der Waals surface area contributed by atoms with E-state index in [2.05, 4.69) is 31.2 Å². The molecule has 2 rings (SSSR count). The molecule has 0 amide bonds. The predicted molar refractivity (Wildman–Crippen MR) is 43.7 cm³/mol. The van der Waals surface area contributed by atoms with Gasteiger partial charge in [-0.15, -0.1) is 0 Å². The fourth-order valence-electron chi connectivity index (χ4n) is 2.33. The Morgan fingerprint density at radius 2 is 2.50 bits per heavy atom. The van der Waals surface area contributed by atoms with Crippen LogP contribution in [0.25, 0.3) is 0 Å². The Kier molecular flexibility index (Phi) is 1.23. The molecule has 0 aliphatic heterocycles. The number of hydrogen-bond donors (Lipinski definition) is 0. The summed E-state index contributed by atoms with van der Waals surface area (Å²) in [5.74, 6) is 0.913. The summed E-state index contributed by atoms with van der Waals surface area (Å²) in [5, 5.41) is 0. The van der Waals surface area contributed by atoms with Crippen LogP contribution in [0, 0.1) is 11.3 Å². The lowest BCUT2D eigenvalue weighted by Crippen LogP contribution is -2.05. The maximum Gasteiger partial charge on any atom is 0.00667 e. The van der Waals surface area contributed by atoms with Gasteiger partial charge in [-0.2, -0.15) is 0 Å². The highest BCUT2D eigenvalue weighted by atomic mass is 14.4. The first kappa shape index (κ1) is 6.21. The lowest BCUT2D eigenvalue weighted by atomic mass is 9.88. The minimum atomic E-state index is 0.499. The number of hydrogen-bond acceptors (Lipinski definition) is 0. The molecule has 0 saturated heterocycles. The van der Waals surface area contributed by atoms with Gasteiger partial charge in [0.05, 0.1) is 0 Å². The van der Waals surface area contributed by atoms with E-state index in [-0.39, 0.29) is 0 Å². The Bertz CT molecular complexity index is 188. The summed E-state index contributed by atoms with van der Waals surface area (Å²) >= 11 is 0. The Balaban J connectivity index is 2.24. The van der Waals surface area contributed by atoms with Gasteiger partial charge in [-0.3, -0.25) is 0 Å². The molecule has 0 N–H and O–H groups in total. The van der Waals surface area contributed by atoms with E-state index >= 15 is 0 Å². The highest BCUT2D eigenvalue weighted by molar-refractivity contribution is 5.22. The molecule has 0 aromatic rings. The molecule has 2 aliphatic rings. The minimum Gasteiger partial charge on any atom is -0.0908 e. The molecule has 0 spiro atoms. The third-order valence-corrected chi connectivity index (χ3v) is 2.82. The monoisotopic (exact) mass is 134 g/mol. The van der Waals surface area contributed by atoms with E-state index in [0.717, 1.165) is 5.92 Å². The summed E-state index contributed by atoms with van der Waals surface area (Å²) in [4.78, 5) is 0. The van der Waals surface area contributed by atoms with E-state index in [1.54, 1.807) is 0 Å². The summed E-state index contributed by atoms with van der Waals surface area (Å²) in [6, 6.07) is 0. The van der Waals surface area contributed by atoms with E-state index in [0.29, 0.717) is 5.41 Å². The van der Waals surface area contributed by atoms with Gasteiger partial charge in [0.1, 0.15) is 0 Å². The van der Waals surface area contributed by atoms with Crippen LogP contribution in [0.1, 0.15) is 26.2 Å². The summed E-state index contributed by atoms with van der Waals surface area (Å²) in [6.45, 7) is 2.12. The van der Waals surface area contributed by atoms with Crippen LogP contribution in [-0.4, -0.2) is 0 Å². The van der Waals surface area contributed by atoms with Crippen LogP contribution >= 0.6 is 0 Å². The molecule has 0 aromatic carbocycles. The van der Waals surface area contributed by atoms with Crippen molar-refractivity contribution in [3.63, 3.8) is 0 Å². The average molecular weight is 134 g/mol. The highest BCUT2D eigenvalue weighted by Crippen LogP contribution is 2.49. The van der Waals surface area contributed by atoms with Gasteiger partial charge in [-0.25, -0.2) is 0 Å². The van der Waals surface area contributed by atoms with Gasteiger partial charge >= 0.3 is 0 Å². The van der Waals surface area contributed by atoms with Gasteiger partial charge in [-0.05, 0) is 32.1 Å². The molecule has 0 heterocycles. The fourth-order valence-corrected chi connectivity index (χ4v) is 2.33. The largest absolute Gasteiger partial charge is 0.0908 e. The molecule has 2 bridgehead atoms. The minimum absolute atomic E-state index is 0.499. The van der Waals surface area contributed by atoms with Crippen LogP contribution in [0.4, 0.5) is 0 Å². The van der Waals surface area contributed by atoms with Crippen LogP contribution in [0.3, 0.4) is 0 Å². The van der Waals surface area contributed by atoms with Crippen molar-refractivity contribution in [1.29, 1.82) is 0 Å². The average Bonchev–Trinajstić information content (AvgIpc) is 2.46. The fraction of sp³-hybridized carbons (Fsp3) is 0.600. The van der Waals surface area contributed by atoms with Gasteiger partial charge in [0, 0.05) is 5.41 Å². The van der Waals surface area contributed by atoms with Crippen molar-refractivity contribution < 1.29 is 0 Å². The molecule has 0 radical (unpaired) electrons. The Morgan fingerprint density at radius 3 is 2.90 bits per heavy atom. The van der Waals surface area contributed by atoms with E-state index < -0.39 is 0 Å². The summed E-state index contributed by atoms with van der Waals surface area (Å²) in [7, 11) is 0. The first-order valence-corrected chi connectivity index (χ1v) is 4.18. The molecule has 1 saturated carbocycles. The van der Waals surface area contributed by atoms with E-state index in [1.165, 1.54) is 19.3 Å². The van der Waals surface area contributed by atoms with Crippen molar-refractivity contribution in [3.8, 4) is 0 Å². The van der Waals surface area contributed by atoms with Gasteiger partial charge in [0.25, 0.3) is 0 Å². The SMILES string of the molecule is C/C=C\C12C=CC(CC1)C2. The smallest absolute Gasteiger partial charge is 0.00667 e. The molecule has 0 aromatic heterocycles. The van der Waals surface area contributed by atoms with Crippen LogP contribution in [0.2, 0.25) is 0 Å². The third-order valence-electron chi connectivity index (χ3n) is 2.82. The zero-order valence-electron chi connectivity index (χ0n) is 6.51. The van der Waals surface area contributed by atoms with Crippen molar-refractivity contribution in [3.05, 3.63) is 24.3 Å². The maximum atomic E-state index is 2.40. The molecule has 2 aliphatic carbocycles. The summed E-state index contributed by atoms with van der Waals surface area (Å²) in [6.07, 6.45) is 13.6. The van der Waals surface area contributed by atoms with Gasteiger partial charge in [0.2, 0.25) is 0 Å². The standard InChI is InChI=1S/C10H14/c1-2-5-10-6-3-9(8-10)4-7-10/h2-3,5-6,9H,4,7-8H2,1H3/b5-2-. The quantitative estimate of drug-likeness (QED) is 0.484. The van der Waals surface area contributed by atoms with Gasteiger partial charge in [-0.1, -0.05) is 24.3 Å². The molecule has 2 unspecified atom stereocenters. The molecule has 10 heavy (non-hydrogen) atoms. The molecule has 1 fully saturated rings. The zero-order valence-corrected chi connectivity index (χ0v) is 6.51. The predicted octanol–water partition coefficient (Wildman–Crippen LogP) is 2.92. The summed E-state index contributed by atoms with van der Waals surface area (Å²) < 4.78 is 0. The van der Waals surface area contributed by atoms with Crippen molar-refractivity contribution in [1.82, 2.24) is 0 Å². The second-order valence-corrected chi connectivity index (χ2v) is 3.60. The van der Waals surface area contributed by atoms with Crippen LogP contribution in [0.15, 0.2) is 24.3 Å². The van der Waals surface area contributed by atoms with Gasteiger partial charge < -0.3 is 0 Å². The molecule has 0 nitrogen and oxygen atoms in total. The molecular formula is C10H14. The third kappa shape index (κ3) is 0.749. The summed E-state index contributed by atoms with van der Waals surface area (Å²) in [5.41, 5.74) is 0.499. The van der Waals surface area contributed by atoms with E-state index in [9.17, 15) is 0 Å². The van der Waals surface area contributed by atoms with Crippen LogP contribution < -0.4 is 0 Å². The van der Waals surface area contributed by atoms with E-state index in [1.807, 2.05) is 0 Å². The number of allylic oxidation sites excluding steroid dienone is 4. The molecule has 54 valence electrons.